The molecule has 2 N–H and O–H groups in total. The lowest BCUT2D eigenvalue weighted by molar-refractivity contribution is -0.122. The number of hydrogen-bond acceptors (Lipinski definition) is 3. The third-order valence-electron chi connectivity index (χ3n) is 4.13. The van der Waals surface area contributed by atoms with Gasteiger partial charge in [-0.25, -0.2) is 0 Å². The Kier molecular flexibility index (Phi) is 7.41. The Bertz CT molecular complexity index is 800. The molecule has 0 aromatic heterocycles. The number of anilines is 1. The van der Waals surface area contributed by atoms with Crippen molar-refractivity contribution in [1.29, 1.82) is 0 Å². The average molecular weight is 368 g/mol. The first-order chi connectivity index (χ1) is 12.8. The van der Waals surface area contributed by atoms with Gasteiger partial charge in [0.15, 0.2) is 0 Å². The predicted molar refractivity (Wildman–Crippen MR) is 108 cm³/mol. The van der Waals surface area contributed by atoms with Crippen molar-refractivity contribution in [3.05, 3.63) is 59.2 Å². The number of aryl methyl sites for hydroxylation is 2. The molecule has 5 nitrogen and oxygen atoms in total. The predicted octanol–water partition coefficient (Wildman–Crippen LogP) is 3.98. The Hall–Kier alpha value is -2.82. The van der Waals surface area contributed by atoms with E-state index in [4.69, 9.17) is 4.74 Å². The van der Waals surface area contributed by atoms with Crippen LogP contribution in [0.4, 0.5) is 5.69 Å². The molecule has 2 aromatic rings. The summed E-state index contributed by atoms with van der Waals surface area (Å²) >= 11 is 0. The number of carbonyl (C=O) groups excluding carboxylic acids is 2. The summed E-state index contributed by atoms with van der Waals surface area (Å²) in [6.45, 7) is 8.47. The van der Waals surface area contributed by atoms with Crippen molar-refractivity contribution < 1.29 is 14.3 Å². The van der Waals surface area contributed by atoms with Crippen molar-refractivity contribution in [3.8, 4) is 5.75 Å². The van der Waals surface area contributed by atoms with Crippen LogP contribution in [0.2, 0.25) is 0 Å². The molecule has 0 aliphatic heterocycles. The van der Waals surface area contributed by atoms with Crippen LogP contribution in [0.1, 0.15) is 37.0 Å². The van der Waals surface area contributed by atoms with E-state index in [0.29, 0.717) is 13.2 Å². The molecule has 2 rings (SSSR count). The van der Waals surface area contributed by atoms with Crippen molar-refractivity contribution in [2.24, 2.45) is 5.92 Å². The molecule has 5 heteroatoms. The molecule has 0 fully saturated rings. The van der Waals surface area contributed by atoms with Gasteiger partial charge in [0.05, 0.1) is 13.0 Å². The Labute approximate surface area is 161 Å². The number of amides is 2. The molecule has 2 aromatic carbocycles. The van der Waals surface area contributed by atoms with Crippen LogP contribution in [0.3, 0.4) is 0 Å². The molecule has 0 radical (unpaired) electrons. The van der Waals surface area contributed by atoms with Crippen molar-refractivity contribution in [2.45, 2.75) is 40.7 Å². The Morgan fingerprint density at radius 3 is 2.56 bits per heavy atom. The summed E-state index contributed by atoms with van der Waals surface area (Å²) < 4.78 is 5.69. The van der Waals surface area contributed by atoms with Crippen LogP contribution in [-0.2, 0) is 16.1 Å². The zero-order chi connectivity index (χ0) is 19.8. The van der Waals surface area contributed by atoms with Crippen molar-refractivity contribution >= 4 is 17.5 Å². The summed E-state index contributed by atoms with van der Waals surface area (Å²) in [6.07, 6.45) is 0.289. The third-order valence-corrected chi connectivity index (χ3v) is 4.13. The molecule has 0 saturated heterocycles. The molecular weight excluding hydrogens is 340 g/mol. The van der Waals surface area contributed by atoms with E-state index in [1.807, 2.05) is 64.1 Å². The molecule has 0 unspecified atom stereocenters. The van der Waals surface area contributed by atoms with Crippen LogP contribution in [0.15, 0.2) is 42.5 Å². The summed E-state index contributed by atoms with van der Waals surface area (Å²) in [5, 5.41) is 5.74. The van der Waals surface area contributed by atoms with E-state index >= 15 is 0 Å². The molecule has 0 atom stereocenters. The topological polar surface area (TPSA) is 67.4 Å². The van der Waals surface area contributed by atoms with Crippen LogP contribution >= 0.6 is 0 Å². The summed E-state index contributed by atoms with van der Waals surface area (Å²) in [5.74, 6) is 0.628. The molecule has 0 aliphatic rings. The second-order valence-corrected chi connectivity index (χ2v) is 6.99. The molecule has 2 amide bonds. The number of nitrogens with one attached hydrogen (secondary N) is 2. The fourth-order valence-corrected chi connectivity index (χ4v) is 2.55. The van der Waals surface area contributed by atoms with Gasteiger partial charge in [0.25, 0.3) is 0 Å². The smallest absolute Gasteiger partial charge is 0.226 e. The van der Waals surface area contributed by atoms with Crippen molar-refractivity contribution in [3.63, 3.8) is 0 Å². The first-order valence-corrected chi connectivity index (χ1v) is 9.21. The summed E-state index contributed by atoms with van der Waals surface area (Å²) in [5.41, 5.74) is 3.92. The maximum Gasteiger partial charge on any atom is 0.226 e. The summed E-state index contributed by atoms with van der Waals surface area (Å²) in [6, 6.07) is 13.5. The minimum atomic E-state index is -0.0782. The Balaban J connectivity index is 1.77. The van der Waals surface area contributed by atoms with Gasteiger partial charge in [-0.2, -0.15) is 0 Å². The molecule has 0 bridgehead atoms. The van der Waals surface area contributed by atoms with Gasteiger partial charge in [-0.15, -0.1) is 0 Å². The Morgan fingerprint density at radius 1 is 1.07 bits per heavy atom. The lowest BCUT2D eigenvalue weighted by Crippen LogP contribution is -2.24. The zero-order valence-corrected chi connectivity index (χ0v) is 16.5. The van der Waals surface area contributed by atoms with E-state index in [0.717, 1.165) is 22.6 Å². The van der Waals surface area contributed by atoms with Crippen LogP contribution in [0.5, 0.6) is 5.75 Å². The van der Waals surface area contributed by atoms with Gasteiger partial charge in [0, 0.05) is 18.2 Å². The first-order valence-electron chi connectivity index (χ1n) is 9.21. The molecule has 0 aliphatic carbocycles. The van der Waals surface area contributed by atoms with E-state index in [9.17, 15) is 9.59 Å². The highest BCUT2D eigenvalue weighted by molar-refractivity contribution is 5.92. The highest BCUT2D eigenvalue weighted by Gasteiger charge is 2.08. The van der Waals surface area contributed by atoms with Crippen molar-refractivity contribution in [1.82, 2.24) is 5.32 Å². The van der Waals surface area contributed by atoms with Gasteiger partial charge >= 0.3 is 0 Å². The maximum absolute atomic E-state index is 12.0. The summed E-state index contributed by atoms with van der Waals surface area (Å²) in [7, 11) is 0. The van der Waals surface area contributed by atoms with Gasteiger partial charge in [-0.05, 0) is 43.2 Å². The van der Waals surface area contributed by atoms with Crippen LogP contribution in [0, 0.1) is 19.8 Å². The van der Waals surface area contributed by atoms with Gasteiger partial charge in [0.1, 0.15) is 5.75 Å². The Morgan fingerprint density at radius 2 is 1.85 bits per heavy atom. The summed E-state index contributed by atoms with van der Waals surface area (Å²) in [4.78, 5) is 23.8. The molecular formula is C22H28N2O3. The SMILES string of the molecule is Cc1ccc(OCCC(=O)NCc2cccc(NC(=O)C(C)C)c2)c(C)c1. The lowest BCUT2D eigenvalue weighted by Gasteiger charge is -2.11. The van der Waals surface area contributed by atoms with E-state index < -0.39 is 0 Å². The van der Waals surface area contributed by atoms with Gasteiger partial charge in [-0.3, -0.25) is 9.59 Å². The number of hydrogen-bond donors (Lipinski definition) is 2. The lowest BCUT2D eigenvalue weighted by atomic mass is 10.1. The number of carbonyl (C=O) groups is 2. The minimum absolute atomic E-state index is 0.0280. The van der Waals surface area contributed by atoms with E-state index in [2.05, 4.69) is 16.7 Å². The van der Waals surface area contributed by atoms with Crippen LogP contribution in [0.25, 0.3) is 0 Å². The molecule has 144 valence electrons. The quantitative estimate of drug-likeness (QED) is 0.740. The number of rotatable bonds is 8. The normalized spacial score (nSPS) is 10.6. The van der Waals surface area contributed by atoms with E-state index in [-0.39, 0.29) is 24.2 Å². The van der Waals surface area contributed by atoms with Crippen molar-refractivity contribution in [2.75, 3.05) is 11.9 Å². The average Bonchev–Trinajstić information content (AvgIpc) is 2.62. The fourth-order valence-electron chi connectivity index (χ4n) is 2.55. The standard InChI is InChI=1S/C22H28N2O3/c1-15(2)22(26)24-19-7-5-6-18(13-19)14-23-21(25)10-11-27-20-9-8-16(3)12-17(20)4/h5-9,12-13,15H,10-11,14H2,1-4H3,(H,23,25)(H,24,26). The van der Waals surface area contributed by atoms with Gasteiger partial charge < -0.3 is 15.4 Å². The largest absolute Gasteiger partial charge is 0.493 e. The molecule has 0 spiro atoms. The second kappa shape index (κ2) is 9.76. The molecule has 27 heavy (non-hydrogen) atoms. The highest BCUT2D eigenvalue weighted by atomic mass is 16.5. The van der Waals surface area contributed by atoms with Gasteiger partial charge in [-0.1, -0.05) is 43.7 Å². The van der Waals surface area contributed by atoms with Crippen LogP contribution in [-0.4, -0.2) is 18.4 Å². The van der Waals surface area contributed by atoms with Crippen LogP contribution < -0.4 is 15.4 Å². The number of ether oxygens (including phenoxy) is 1. The van der Waals surface area contributed by atoms with E-state index in [1.54, 1.807) is 0 Å². The first kappa shape index (κ1) is 20.5. The highest BCUT2D eigenvalue weighted by Crippen LogP contribution is 2.18. The minimum Gasteiger partial charge on any atom is -0.493 e. The van der Waals surface area contributed by atoms with Gasteiger partial charge in [0.2, 0.25) is 11.8 Å². The zero-order valence-electron chi connectivity index (χ0n) is 16.5. The monoisotopic (exact) mass is 368 g/mol. The number of benzene rings is 2. The molecule has 0 saturated carbocycles. The van der Waals surface area contributed by atoms with E-state index in [1.165, 1.54) is 5.56 Å². The third kappa shape index (κ3) is 6.77. The molecule has 0 heterocycles. The maximum atomic E-state index is 12.0. The second-order valence-electron chi connectivity index (χ2n) is 6.99. The fraction of sp³-hybridized carbons (Fsp3) is 0.364.